The van der Waals surface area contributed by atoms with Gasteiger partial charge in [-0.25, -0.2) is 0 Å². The Balaban J connectivity index is 1.36. The largest absolute Gasteiger partial charge is 0.348 e. The number of carbonyl (C=O) groups is 2. The highest BCUT2D eigenvalue weighted by Gasteiger charge is 2.24. The number of rotatable bonds is 5. The van der Waals surface area contributed by atoms with Crippen LogP contribution in [0.25, 0.3) is 0 Å². The summed E-state index contributed by atoms with van der Waals surface area (Å²) < 4.78 is 0. The molecule has 2 aliphatic rings. The molecule has 0 spiro atoms. The molecule has 2 aromatic carbocycles. The molecule has 0 unspecified atom stereocenters. The molecular formula is C23H26ClN3O2. The van der Waals surface area contributed by atoms with Gasteiger partial charge in [0.1, 0.15) is 0 Å². The summed E-state index contributed by atoms with van der Waals surface area (Å²) in [6.07, 6.45) is 3.50. The predicted molar refractivity (Wildman–Crippen MR) is 115 cm³/mol. The van der Waals surface area contributed by atoms with E-state index in [1.807, 2.05) is 36.4 Å². The van der Waals surface area contributed by atoms with Crippen molar-refractivity contribution in [1.82, 2.24) is 10.2 Å². The summed E-state index contributed by atoms with van der Waals surface area (Å²) in [6, 6.07) is 15.4. The predicted octanol–water partition coefficient (Wildman–Crippen LogP) is 3.86. The average molecular weight is 412 g/mol. The van der Waals surface area contributed by atoms with Crippen LogP contribution in [0.15, 0.2) is 48.5 Å². The number of nitrogens with one attached hydrogen (secondary N) is 1. The van der Waals surface area contributed by atoms with Gasteiger partial charge in [0.05, 0.1) is 0 Å². The van der Waals surface area contributed by atoms with Gasteiger partial charge in [-0.2, -0.15) is 0 Å². The second-order valence-electron chi connectivity index (χ2n) is 7.87. The van der Waals surface area contributed by atoms with Gasteiger partial charge in [0.2, 0.25) is 5.91 Å². The fourth-order valence-electron chi connectivity index (χ4n) is 4.17. The lowest BCUT2D eigenvalue weighted by molar-refractivity contribution is -0.117. The summed E-state index contributed by atoms with van der Waals surface area (Å²) in [6.45, 7) is 3.45. The number of amides is 2. The molecule has 2 amide bonds. The van der Waals surface area contributed by atoms with Crippen LogP contribution in [0.4, 0.5) is 5.69 Å². The fourth-order valence-corrected chi connectivity index (χ4v) is 4.30. The van der Waals surface area contributed by atoms with Crippen molar-refractivity contribution in [3.05, 3.63) is 64.7 Å². The molecule has 0 bridgehead atoms. The zero-order chi connectivity index (χ0) is 20.2. The van der Waals surface area contributed by atoms with E-state index in [1.54, 1.807) is 4.90 Å². The Bertz CT molecular complexity index is 884. The van der Waals surface area contributed by atoms with Gasteiger partial charge in [0.15, 0.2) is 0 Å². The molecule has 4 rings (SSSR count). The Kier molecular flexibility index (Phi) is 6.16. The van der Waals surface area contributed by atoms with Gasteiger partial charge in [0, 0.05) is 48.4 Å². The maximum absolute atomic E-state index is 12.8. The summed E-state index contributed by atoms with van der Waals surface area (Å²) in [5.74, 6) is 0.0597. The number of hydrogen-bond donors (Lipinski definition) is 1. The van der Waals surface area contributed by atoms with Crippen LogP contribution in [0, 0.1) is 0 Å². The molecule has 2 aromatic rings. The molecule has 0 saturated carbocycles. The van der Waals surface area contributed by atoms with Crippen molar-refractivity contribution in [2.75, 3.05) is 24.5 Å². The molecule has 29 heavy (non-hydrogen) atoms. The molecule has 0 aliphatic carbocycles. The number of anilines is 1. The van der Waals surface area contributed by atoms with Crippen LogP contribution in [0.1, 0.15) is 41.6 Å². The smallest absolute Gasteiger partial charge is 0.251 e. The van der Waals surface area contributed by atoms with Crippen LogP contribution in [-0.2, 0) is 11.3 Å². The number of halogens is 1. The first kappa shape index (κ1) is 19.9. The summed E-state index contributed by atoms with van der Waals surface area (Å²) in [4.78, 5) is 28.9. The number of benzene rings is 2. The molecule has 2 aliphatic heterocycles. The standard InChI is InChI=1S/C23H26ClN3O2/c24-19-10-8-17(9-11-19)15-26-12-2-5-20(16-26)25-23(29)18-4-1-6-21(14-18)27-13-3-7-22(27)28/h1,4,6,8-11,14,20H,2-3,5,7,12-13,15-16H2,(H,25,29)/t20-/m0/s1. The summed E-state index contributed by atoms with van der Waals surface area (Å²) >= 11 is 5.97. The molecule has 2 fully saturated rings. The fraction of sp³-hybridized carbons (Fsp3) is 0.391. The van der Waals surface area contributed by atoms with Gasteiger partial charge in [-0.15, -0.1) is 0 Å². The molecule has 2 saturated heterocycles. The third-order valence-corrected chi connectivity index (χ3v) is 5.91. The number of likely N-dealkylation sites (tertiary alicyclic amines) is 1. The van der Waals surface area contributed by atoms with Crippen LogP contribution in [0.5, 0.6) is 0 Å². The Morgan fingerprint density at radius 1 is 1.10 bits per heavy atom. The molecular weight excluding hydrogens is 386 g/mol. The van der Waals surface area contributed by atoms with E-state index in [0.717, 1.165) is 56.2 Å². The molecule has 1 N–H and O–H groups in total. The molecule has 6 heteroatoms. The number of carbonyl (C=O) groups excluding carboxylic acids is 2. The molecule has 0 aromatic heterocycles. The molecule has 1 atom stereocenters. The highest BCUT2D eigenvalue weighted by Crippen LogP contribution is 2.23. The van der Waals surface area contributed by atoms with E-state index in [9.17, 15) is 9.59 Å². The third-order valence-electron chi connectivity index (χ3n) is 5.65. The van der Waals surface area contributed by atoms with E-state index in [0.29, 0.717) is 12.0 Å². The van der Waals surface area contributed by atoms with Gasteiger partial charge in [0.25, 0.3) is 5.91 Å². The minimum atomic E-state index is -0.0724. The van der Waals surface area contributed by atoms with Crippen molar-refractivity contribution in [2.45, 2.75) is 38.3 Å². The van der Waals surface area contributed by atoms with Gasteiger partial charge < -0.3 is 10.2 Å². The first-order valence-corrected chi connectivity index (χ1v) is 10.6. The van der Waals surface area contributed by atoms with E-state index in [4.69, 9.17) is 11.6 Å². The summed E-state index contributed by atoms with van der Waals surface area (Å²) in [5.41, 5.74) is 2.65. The van der Waals surface area contributed by atoms with E-state index >= 15 is 0 Å². The summed E-state index contributed by atoms with van der Waals surface area (Å²) in [7, 11) is 0. The Morgan fingerprint density at radius 2 is 1.93 bits per heavy atom. The van der Waals surface area contributed by atoms with E-state index in [1.165, 1.54) is 5.56 Å². The lowest BCUT2D eigenvalue weighted by Gasteiger charge is -2.33. The maximum Gasteiger partial charge on any atom is 0.251 e. The third kappa shape index (κ3) is 4.98. The van der Waals surface area contributed by atoms with Crippen molar-refractivity contribution >= 4 is 29.1 Å². The molecule has 152 valence electrons. The van der Waals surface area contributed by atoms with Crippen molar-refractivity contribution in [1.29, 1.82) is 0 Å². The lowest BCUT2D eigenvalue weighted by atomic mass is 10.0. The average Bonchev–Trinajstić information content (AvgIpc) is 3.16. The van der Waals surface area contributed by atoms with E-state index in [2.05, 4.69) is 22.3 Å². The van der Waals surface area contributed by atoms with Gasteiger partial charge in [-0.3, -0.25) is 14.5 Å². The Morgan fingerprint density at radius 3 is 2.69 bits per heavy atom. The van der Waals surface area contributed by atoms with E-state index < -0.39 is 0 Å². The monoisotopic (exact) mass is 411 g/mol. The topological polar surface area (TPSA) is 52.7 Å². The highest BCUT2D eigenvalue weighted by atomic mass is 35.5. The first-order chi connectivity index (χ1) is 14.1. The van der Waals surface area contributed by atoms with Crippen molar-refractivity contribution in [3.8, 4) is 0 Å². The van der Waals surface area contributed by atoms with Crippen LogP contribution in [0.2, 0.25) is 5.02 Å². The van der Waals surface area contributed by atoms with Crippen LogP contribution in [0.3, 0.4) is 0 Å². The lowest BCUT2D eigenvalue weighted by Crippen LogP contribution is -2.47. The van der Waals surface area contributed by atoms with Crippen molar-refractivity contribution in [3.63, 3.8) is 0 Å². The van der Waals surface area contributed by atoms with Gasteiger partial charge in [-0.1, -0.05) is 29.8 Å². The second kappa shape index (κ2) is 8.97. The van der Waals surface area contributed by atoms with E-state index in [-0.39, 0.29) is 17.9 Å². The Hall–Kier alpha value is -2.37. The second-order valence-corrected chi connectivity index (χ2v) is 8.31. The summed E-state index contributed by atoms with van der Waals surface area (Å²) in [5, 5.41) is 3.93. The quantitative estimate of drug-likeness (QED) is 0.812. The van der Waals surface area contributed by atoms with Gasteiger partial charge in [-0.05, 0) is 61.7 Å². The highest BCUT2D eigenvalue weighted by molar-refractivity contribution is 6.30. The Labute approximate surface area is 176 Å². The van der Waals surface area contributed by atoms with Crippen LogP contribution < -0.4 is 10.2 Å². The normalized spacial score (nSPS) is 20.1. The molecule has 5 nitrogen and oxygen atoms in total. The number of nitrogens with zero attached hydrogens (tertiary/aromatic N) is 2. The van der Waals surface area contributed by atoms with Gasteiger partial charge >= 0.3 is 0 Å². The maximum atomic E-state index is 12.8. The van der Waals surface area contributed by atoms with Crippen molar-refractivity contribution < 1.29 is 9.59 Å². The van der Waals surface area contributed by atoms with Crippen LogP contribution >= 0.6 is 11.6 Å². The zero-order valence-electron chi connectivity index (χ0n) is 16.4. The number of piperidine rings is 1. The first-order valence-electron chi connectivity index (χ1n) is 10.3. The van der Waals surface area contributed by atoms with Crippen LogP contribution in [-0.4, -0.2) is 42.4 Å². The van der Waals surface area contributed by atoms with Crippen molar-refractivity contribution in [2.24, 2.45) is 0 Å². The molecule has 2 heterocycles. The molecule has 0 radical (unpaired) electrons. The SMILES string of the molecule is O=C(N[C@H]1CCCN(Cc2ccc(Cl)cc2)C1)c1cccc(N2CCCC2=O)c1. The minimum Gasteiger partial charge on any atom is -0.348 e. The zero-order valence-corrected chi connectivity index (χ0v) is 17.2. The number of hydrogen-bond acceptors (Lipinski definition) is 3. The minimum absolute atomic E-state index is 0.0724.